The molecule has 0 aromatic heterocycles. The van der Waals surface area contributed by atoms with E-state index in [0.717, 1.165) is 25.3 Å². The Morgan fingerprint density at radius 3 is 2.42 bits per heavy atom. The van der Waals surface area contributed by atoms with Crippen molar-refractivity contribution in [3.8, 4) is 0 Å². The third kappa shape index (κ3) is 5.23. The third-order valence-corrected chi connectivity index (χ3v) is 2.19. The number of methoxy groups -OCH3 is 1. The Balaban J connectivity index is 0.00000324. The predicted octanol–water partition coefficient (Wildman–Crippen LogP) is -0.686. The van der Waals surface area contributed by atoms with Crippen LogP contribution in [0.2, 0.25) is 0 Å². The number of rotatable bonds is 4. The van der Waals surface area contributed by atoms with E-state index in [1.54, 1.807) is 0 Å². The van der Waals surface area contributed by atoms with Crippen molar-refractivity contribution in [2.24, 2.45) is 0 Å². The predicted molar refractivity (Wildman–Crippen MR) is 57.2 cm³/mol. The number of hydrogen-bond acceptors (Lipinski definition) is 4. The van der Waals surface area contributed by atoms with Crippen molar-refractivity contribution in [1.82, 2.24) is 0 Å². The first-order valence-corrected chi connectivity index (χ1v) is 4.82. The molecule has 0 atom stereocenters. The van der Waals surface area contributed by atoms with Crippen LogP contribution in [0.15, 0.2) is 18.2 Å². The van der Waals surface area contributed by atoms with Gasteiger partial charge in [-0.15, -0.1) is 0 Å². The van der Waals surface area contributed by atoms with Gasteiger partial charge in [0.25, 0.3) is 5.69 Å². The van der Waals surface area contributed by atoms with E-state index in [9.17, 15) is 27.9 Å². The van der Waals surface area contributed by atoms with E-state index in [2.05, 4.69) is 4.74 Å². The minimum absolute atomic E-state index is 0. The number of nitrogens with zero attached hydrogens (tertiary/aromatic N) is 1. The normalized spacial score (nSPS) is 10.5. The van der Waals surface area contributed by atoms with Crippen LogP contribution in [-0.2, 0) is 11.1 Å². The molecule has 5 nitrogen and oxygen atoms in total. The van der Waals surface area contributed by atoms with Gasteiger partial charge in [-0.1, -0.05) is 12.4 Å². The summed E-state index contributed by atoms with van der Waals surface area (Å²) in [5.74, 6) is -1.03. The molecule has 0 unspecified atom stereocenters. The Morgan fingerprint density at radius 2 is 2.00 bits per heavy atom. The van der Waals surface area contributed by atoms with Crippen molar-refractivity contribution in [3.63, 3.8) is 0 Å². The summed E-state index contributed by atoms with van der Waals surface area (Å²) in [5, 5.41) is 10.7. The van der Waals surface area contributed by atoms with Crippen molar-refractivity contribution in [1.29, 1.82) is 0 Å². The summed E-state index contributed by atoms with van der Waals surface area (Å²) in [6, 6.07) is 3.12. The molecule has 1 rings (SSSR count). The van der Waals surface area contributed by atoms with Gasteiger partial charge >= 0.3 is 64.3 Å². The molecular formula is C9H8BF3KNO4. The monoisotopic (exact) mass is 301 g/mol. The standard InChI is InChI=1S/C9H8BF3NO4.K/c1-18-9(15)6-3-2-4-8(14(16)17)7(6)5-10(11,12)13;/h2-4H,5H2,1H3;/q-1;+1. The van der Waals surface area contributed by atoms with E-state index in [-0.39, 0.29) is 51.4 Å². The molecule has 0 saturated heterocycles. The number of halogens is 3. The van der Waals surface area contributed by atoms with Crippen LogP contribution in [0, 0.1) is 10.1 Å². The van der Waals surface area contributed by atoms with Crippen molar-refractivity contribution in [2.45, 2.75) is 6.32 Å². The first-order chi connectivity index (χ1) is 8.26. The van der Waals surface area contributed by atoms with Crippen LogP contribution in [-0.4, -0.2) is 25.0 Å². The van der Waals surface area contributed by atoms with E-state index in [1.165, 1.54) is 0 Å². The Labute approximate surface area is 149 Å². The number of hydrogen-bond donors (Lipinski definition) is 0. The Kier molecular flexibility index (Phi) is 7.22. The van der Waals surface area contributed by atoms with E-state index in [0.29, 0.717) is 0 Å². The van der Waals surface area contributed by atoms with Crippen LogP contribution in [0.4, 0.5) is 18.6 Å². The quantitative estimate of drug-likeness (QED) is 0.320. The molecule has 0 spiro atoms. The molecule has 0 amide bonds. The van der Waals surface area contributed by atoms with Gasteiger partial charge in [0, 0.05) is 11.6 Å². The SMILES string of the molecule is COC(=O)c1cccc([N+](=O)[O-])c1C[B-](F)(F)F.[K+]. The maximum Gasteiger partial charge on any atom is 1.00 e. The van der Waals surface area contributed by atoms with Crippen LogP contribution in [0.3, 0.4) is 0 Å². The van der Waals surface area contributed by atoms with E-state index in [4.69, 9.17) is 0 Å². The van der Waals surface area contributed by atoms with Gasteiger partial charge in [0.1, 0.15) is 0 Å². The fraction of sp³-hybridized carbons (Fsp3) is 0.222. The molecule has 1 aromatic rings. The number of nitro benzene ring substituents is 1. The number of carbonyl (C=O) groups excluding carboxylic acids is 1. The van der Waals surface area contributed by atoms with Crippen LogP contribution in [0.5, 0.6) is 0 Å². The number of nitro groups is 1. The van der Waals surface area contributed by atoms with Gasteiger partial charge in [-0.05, 0) is 6.07 Å². The van der Waals surface area contributed by atoms with Gasteiger partial charge in [0.15, 0.2) is 0 Å². The zero-order valence-electron chi connectivity index (χ0n) is 10.2. The molecule has 0 aliphatic heterocycles. The van der Waals surface area contributed by atoms with E-state index >= 15 is 0 Å². The summed E-state index contributed by atoms with van der Waals surface area (Å²) >= 11 is 0. The summed E-state index contributed by atoms with van der Waals surface area (Å²) in [6.45, 7) is -5.30. The number of benzene rings is 1. The maximum absolute atomic E-state index is 12.4. The van der Waals surface area contributed by atoms with Gasteiger partial charge in [-0.3, -0.25) is 10.1 Å². The molecule has 0 aliphatic carbocycles. The van der Waals surface area contributed by atoms with Crippen molar-refractivity contribution < 1.29 is 78.8 Å². The van der Waals surface area contributed by atoms with Gasteiger partial charge in [-0.2, -0.15) is 0 Å². The minimum atomic E-state index is -5.30. The maximum atomic E-state index is 12.4. The summed E-state index contributed by atoms with van der Waals surface area (Å²) in [6.07, 6.45) is -1.50. The van der Waals surface area contributed by atoms with Gasteiger partial charge < -0.3 is 17.7 Å². The Bertz CT molecular complexity index is 495. The molecule has 1 aromatic carbocycles. The number of carbonyl (C=O) groups is 1. The molecule has 0 aliphatic rings. The minimum Gasteiger partial charge on any atom is -0.465 e. The molecule has 0 fully saturated rings. The van der Waals surface area contributed by atoms with Crippen molar-refractivity contribution in [3.05, 3.63) is 39.4 Å². The van der Waals surface area contributed by atoms with Crippen LogP contribution < -0.4 is 51.4 Å². The smallest absolute Gasteiger partial charge is 0.465 e. The molecule has 0 saturated carbocycles. The summed E-state index contributed by atoms with van der Waals surface area (Å²) in [4.78, 5) is 21.0. The fourth-order valence-electron chi connectivity index (χ4n) is 1.49. The van der Waals surface area contributed by atoms with Crippen LogP contribution in [0.1, 0.15) is 15.9 Å². The zero-order chi connectivity index (χ0) is 13.9. The topological polar surface area (TPSA) is 69.4 Å². The molecule has 0 N–H and O–H groups in total. The largest absolute Gasteiger partial charge is 1.00 e. The van der Waals surface area contributed by atoms with E-state index < -0.39 is 41.0 Å². The first kappa shape index (κ1) is 18.6. The average molecular weight is 301 g/mol. The van der Waals surface area contributed by atoms with Gasteiger partial charge in [-0.25, -0.2) is 4.79 Å². The molecule has 10 heteroatoms. The van der Waals surface area contributed by atoms with Crippen molar-refractivity contribution >= 4 is 18.6 Å². The summed E-state index contributed by atoms with van der Waals surface area (Å²) in [5.41, 5.74) is -1.84. The summed E-state index contributed by atoms with van der Waals surface area (Å²) in [7, 11) is 0.990. The number of ether oxygens (including phenoxy) is 1. The van der Waals surface area contributed by atoms with E-state index in [1.807, 2.05) is 0 Å². The molecule has 0 radical (unpaired) electrons. The molecular weight excluding hydrogens is 293 g/mol. The second kappa shape index (κ2) is 7.39. The number of esters is 1. The molecule has 0 heterocycles. The molecule has 98 valence electrons. The second-order valence-electron chi connectivity index (χ2n) is 3.47. The van der Waals surface area contributed by atoms with Gasteiger partial charge in [0.05, 0.1) is 17.6 Å². The third-order valence-electron chi connectivity index (χ3n) is 2.19. The van der Waals surface area contributed by atoms with Gasteiger partial charge in [0.2, 0.25) is 0 Å². The molecule has 19 heavy (non-hydrogen) atoms. The van der Waals surface area contributed by atoms with Crippen molar-refractivity contribution in [2.75, 3.05) is 7.11 Å². The fourth-order valence-corrected chi connectivity index (χ4v) is 1.49. The Hall–Kier alpha value is -0.419. The average Bonchev–Trinajstić information content (AvgIpc) is 2.25. The first-order valence-electron chi connectivity index (χ1n) is 4.82. The summed E-state index contributed by atoms with van der Waals surface area (Å²) < 4.78 is 41.6. The Morgan fingerprint density at radius 1 is 1.42 bits per heavy atom. The van der Waals surface area contributed by atoms with Crippen LogP contribution >= 0.6 is 0 Å². The van der Waals surface area contributed by atoms with Crippen LogP contribution in [0.25, 0.3) is 0 Å². The second-order valence-corrected chi connectivity index (χ2v) is 3.47. The molecule has 0 bridgehead atoms. The zero-order valence-corrected chi connectivity index (χ0v) is 13.4.